The third-order valence-corrected chi connectivity index (χ3v) is 3.83. The van der Waals surface area contributed by atoms with Gasteiger partial charge in [0, 0.05) is 4.88 Å². The molecule has 0 bridgehead atoms. The maximum atomic E-state index is 11.4. The molecule has 0 saturated carbocycles. The molecule has 1 amide bonds. The van der Waals surface area contributed by atoms with Gasteiger partial charge in [0.2, 0.25) is 5.91 Å². The zero-order valence-corrected chi connectivity index (χ0v) is 10.7. The largest absolute Gasteiger partial charge is 0.347 e. The molecule has 0 fully saturated rings. The first-order chi connectivity index (χ1) is 7.72. The van der Waals surface area contributed by atoms with E-state index in [1.807, 2.05) is 11.4 Å². The van der Waals surface area contributed by atoms with Crippen LogP contribution in [0.1, 0.15) is 37.6 Å². The van der Waals surface area contributed by atoms with Crippen molar-refractivity contribution in [3.8, 4) is 0 Å². The van der Waals surface area contributed by atoms with Crippen molar-refractivity contribution in [2.45, 2.75) is 32.7 Å². The smallest absolute Gasteiger partial charge is 0.234 e. The predicted octanol–water partition coefficient (Wildman–Crippen LogP) is 2.30. The minimum absolute atomic E-state index is 0.0576. The summed E-state index contributed by atoms with van der Waals surface area (Å²) < 4.78 is 0. The van der Waals surface area contributed by atoms with E-state index < -0.39 is 0 Å². The molecule has 0 aliphatic rings. The molecule has 0 spiro atoms. The summed E-state index contributed by atoms with van der Waals surface area (Å²) in [5.41, 5.74) is 5.35. The van der Waals surface area contributed by atoms with Gasteiger partial charge in [-0.1, -0.05) is 32.8 Å². The Kier molecular flexibility index (Phi) is 5.49. The Labute approximate surface area is 101 Å². The van der Waals surface area contributed by atoms with Gasteiger partial charge in [-0.25, -0.2) is 0 Å². The van der Waals surface area contributed by atoms with Crippen LogP contribution < -0.4 is 11.1 Å². The predicted molar refractivity (Wildman–Crippen MR) is 68.3 cm³/mol. The second kappa shape index (κ2) is 6.66. The molecule has 0 aliphatic carbocycles. The Morgan fingerprint density at radius 1 is 1.50 bits per heavy atom. The summed E-state index contributed by atoms with van der Waals surface area (Å²) in [4.78, 5) is 12.6. The quantitative estimate of drug-likeness (QED) is 0.801. The van der Waals surface area contributed by atoms with E-state index in [1.54, 1.807) is 11.3 Å². The minimum Gasteiger partial charge on any atom is -0.347 e. The summed E-state index contributed by atoms with van der Waals surface area (Å²) in [6.07, 6.45) is 2.12. The second-order valence-electron chi connectivity index (χ2n) is 3.84. The number of hydrogen-bond acceptors (Lipinski definition) is 3. The van der Waals surface area contributed by atoms with Gasteiger partial charge in [-0.3, -0.25) is 4.79 Å². The molecule has 4 heteroatoms. The topological polar surface area (TPSA) is 55.1 Å². The number of rotatable bonds is 6. The number of thiophene rings is 1. The van der Waals surface area contributed by atoms with E-state index in [0.29, 0.717) is 5.92 Å². The summed E-state index contributed by atoms with van der Waals surface area (Å²) in [5.74, 6) is 0.402. The molecule has 1 heterocycles. The molecule has 90 valence electrons. The lowest BCUT2D eigenvalue weighted by molar-refractivity contribution is -0.120. The number of carbonyl (C=O) groups is 1. The van der Waals surface area contributed by atoms with Crippen molar-refractivity contribution >= 4 is 17.2 Å². The molecule has 16 heavy (non-hydrogen) atoms. The minimum atomic E-state index is -0.0784. The van der Waals surface area contributed by atoms with Crippen LogP contribution in [0.15, 0.2) is 17.5 Å². The molecular formula is C12H20N2OS. The van der Waals surface area contributed by atoms with Crippen LogP contribution >= 0.6 is 11.3 Å². The SMILES string of the molecule is CCC(CC)C(NC(=O)CN)c1cccs1. The van der Waals surface area contributed by atoms with Crippen molar-refractivity contribution in [1.29, 1.82) is 0 Å². The fourth-order valence-electron chi connectivity index (χ4n) is 1.88. The lowest BCUT2D eigenvalue weighted by Gasteiger charge is -2.25. The highest BCUT2D eigenvalue weighted by molar-refractivity contribution is 7.10. The first-order valence-corrected chi connectivity index (χ1v) is 6.63. The van der Waals surface area contributed by atoms with Crippen LogP contribution in [-0.4, -0.2) is 12.5 Å². The van der Waals surface area contributed by atoms with Crippen LogP contribution in [0.3, 0.4) is 0 Å². The van der Waals surface area contributed by atoms with Gasteiger partial charge in [-0.05, 0) is 17.4 Å². The Morgan fingerprint density at radius 2 is 2.19 bits per heavy atom. The molecule has 3 N–H and O–H groups in total. The Bertz CT molecular complexity index is 307. The van der Waals surface area contributed by atoms with Gasteiger partial charge in [-0.2, -0.15) is 0 Å². The molecule has 1 aromatic heterocycles. The van der Waals surface area contributed by atoms with Crippen LogP contribution in [0.25, 0.3) is 0 Å². The number of carbonyl (C=O) groups excluding carboxylic acids is 1. The number of hydrogen-bond donors (Lipinski definition) is 2. The summed E-state index contributed by atoms with van der Waals surface area (Å²) in [6.45, 7) is 4.37. The van der Waals surface area contributed by atoms with Crippen LogP contribution in [0.2, 0.25) is 0 Å². The van der Waals surface area contributed by atoms with Crippen molar-refractivity contribution in [3.63, 3.8) is 0 Å². The van der Waals surface area contributed by atoms with Crippen molar-refractivity contribution in [2.24, 2.45) is 11.7 Å². The van der Waals surface area contributed by atoms with Gasteiger partial charge < -0.3 is 11.1 Å². The zero-order valence-electron chi connectivity index (χ0n) is 9.90. The fourth-order valence-corrected chi connectivity index (χ4v) is 2.75. The molecule has 0 aromatic carbocycles. The average Bonchev–Trinajstić information content (AvgIpc) is 2.82. The molecule has 0 radical (unpaired) electrons. The van der Waals surface area contributed by atoms with E-state index in [2.05, 4.69) is 25.2 Å². The fraction of sp³-hybridized carbons (Fsp3) is 0.583. The first kappa shape index (κ1) is 13.2. The van der Waals surface area contributed by atoms with E-state index in [4.69, 9.17) is 5.73 Å². The maximum absolute atomic E-state index is 11.4. The van der Waals surface area contributed by atoms with Gasteiger partial charge in [0.05, 0.1) is 12.6 Å². The highest BCUT2D eigenvalue weighted by Crippen LogP contribution is 2.30. The molecule has 1 rings (SSSR count). The van der Waals surface area contributed by atoms with Gasteiger partial charge in [-0.15, -0.1) is 11.3 Å². The third-order valence-electron chi connectivity index (χ3n) is 2.87. The van der Waals surface area contributed by atoms with Gasteiger partial charge >= 0.3 is 0 Å². The van der Waals surface area contributed by atoms with Gasteiger partial charge in [0.25, 0.3) is 0 Å². The van der Waals surface area contributed by atoms with Crippen LogP contribution in [0.4, 0.5) is 0 Å². The molecule has 1 unspecified atom stereocenters. The molecule has 1 aromatic rings. The first-order valence-electron chi connectivity index (χ1n) is 5.75. The van der Waals surface area contributed by atoms with Crippen LogP contribution in [0.5, 0.6) is 0 Å². The second-order valence-corrected chi connectivity index (χ2v) is 4.82. The van der Waals surface area contributed by atoms with E-state index in [9.17, 15) is 4.79 Å². The molecule has 1 atom stereocenters. The van der Waals surface area contributed by atoms with Gasteiger partial charge in [0.15, 0.2) is 0 Å². The Hall–Kier alpha value is -0.870. The lowest BCUT2D eigenvalue weighted by Crippen LogP contribution is -2.36. The van der Waals surface area contributed by atoms with E-state index >= 15 is 0 Å². The Balaban J connectivity index is 2.80. The normalized spacial score (nSPS) is 12.8. The summed E-state index contributed by atoms with van der Waals surface area (Å²) in [6, 6.07) is 4.21. The van der Waals surface area contributed by atoms with E-state index in [0.717, 1.165) is 12.8 Å². The standard InChI is InChI=1S/C12H20N2OS/c1-3-9(4-2)12(14-11(15)8-13)10-6-5-7-16-10/h5-7,9,12H,3-4,8,13H2,1-2H3,(H,14,15). The van der Waals surface area contributed by atoms with Crippen molar-refractivity contribution in [3.05, 3.63) is 22.4 Å². The maximum Gasteiger partial charge on any atom is 0.234 e. The van der Waals surface area contributed by atoms with E-state index in [1.165, 1.54) is 4.88 Å². The number of amides is 1. The summed E-state index contributed by atoms with van der Waals surface area (Å²) >= 11 is 1.69. The van der Waals surface area contributed by atoms with Crippen molar-refractivity contribution < 1.29 is 4.79 Å². The highest BCUT2D eigenvalue weighted by atomic mass is 32.1. The summed E-state index contributed by atoms with van der Waals surface area (Å²) in [5, 5.41) is 5.06. The zero-order chi connectivity index (χ0) is 12.0. The monoisotopic (exact) mass is 240 g/mol. The summed E-state index contributed by atoms with van der Waals surface area (Å²) in [7, 11) is 0. The van der Waals surface area contributed by atoms with E-state index in [-0.39, 0.29) is 18.5 Å². The third kappa shape index (κ3) is 3.32. The van der Waals surface area contributed by atoms with Crippen LogP contribution in [0, 0.1) is 5.92 Å². The molecule has 0 saturated heterocycles. The van der Waals surface area contributed by atoms with Crippen LogP contribution in [-0.2, 0) is 4.79 Å². The highest BCUT2D eigenvalue weighted by Gasteiger charge is 2.22. The number of nitrogens with one attached hydrogen (secondary N) is 1. The van der Waals surface area contributed by atoms with Crippen molar-refractivity contribution in [1.82, 2.24) is 5.32 Å². The molecule has 0 aliphatic heterocycles. The van der Waals surface area contributed by atoms with Gasteiger partial charge in [0.1, 0.15) is 0 Å². The lowest BCUT2D eigenvalue weighted by atomic mass is 9.93. The molecule has 3 nitrogen and oxygen atoms in total. The Morgan fingerprint density at radius 3 is 2.62 bits per heavy atom. The molecular weight excluding hydrogens is 220 g/mol. The average molecular weight is 240 g/mol. The number of nitrogens with two attached hydrogens (primary N) is 1. The van der Waals surface area contributed by atoms with Crippen molar-refractivity contribution in [2.75, 3.05) is 6.54 Å².